The van der Waals surface area contributed by atoms with Crippen LogP contribution in [0.2, 0.25) is 5.02 Å². The van der Waals surface area contributed by atoms with Gasteiger partial charge in [-0.1, -0.05) is 17.7 Å². The lowest BCUT2D eigenvalue weighted by Crippen LogP contribution is -2.55. The van der Waals surface area contributed by atoms with Gasteiger partial charge in [-0.2, -0.15) is 0 Å². The largest absolute Gasteiger partial charge is 0.496 e. The van der Waals surface area contributed by atoms with Crippen LogP contribution in [0, 0.1) is 12.7 Å². The number of hydrogen-bond acceptors (Lipinski definition) is 7. The van der Waals surface area contributed by atoms with E-state index in [0.717, 1.165) is 11.1 Å². The molecule has 0 aliphatic carbocycles. The first-order chi connectivity index (χ1) is 17.1. The quantitative estimate of drug-likeness (QED) is 0.362. The lowest BCUT2D eigenvalue weighted by molar-refractivity contribution is -0.137. The van der Waals surface area contributed by atoms with Gasteiger partial charge in [0.25, 0.3) is 0 Å². The molecule has 1 atom stereocenters. The lowest BCUT2D eigenvalue weighted by Gasteiger charge is -2.44. The van der Waals surface area contributed by atoms with Crippen molar-refractivity contribution in [3.63, 3.8) is 0 Å². The summed E-state index contributed by atoms with van der Waals surface area (Å²) in [6.07, 6.45) is 2.80. The molecule has 8 nitrogen and oxygen atoms in total. The van der Waals surface area contributed by atoms with Crippen LogP contribution in [0.25, 0.3) is 22.7 Å². The first-order valence-corrected chi connectivity index (χ1v) is 11.9. The molecule has 1 aliphatic rings. The summed E-state index contributed by atoms with van der Waals surface area (Å²) in [4.78, 5) is 4.16. The molecule has 0 amide bonds. The Morgan fingerprint density at radius 1 is 1.19 bits per heavy atom. The van der Waals surface area contributed by atoms with Crippen molar-refractivity contribution in [2.24, 2.45) is 0 Å². The van der Waals surface area contributed by atoms with Gasteiger partial charge in [-0.15, -0.1) is 10.2 Å². The van der Waals surface area contributed by atoms with Gasteiger partial charge in [-0.05, 0) is 51.0 Å². The number of benzene rings is 2. The Bertz CT molecular complexity index is 1430. The average molecular weight is 513 g/mol. The molecule has 1 aliphatic heterocycles. The summed E-state index contributed by atoms with van der Waals surface area (Å²) < 4.78 is 33.7. The standard InChI is InChI=1S/C26H26ClFN4O4/c1-15-29-14-22(35-15)18-8-6-16(12-21(18)34-4)23-30-31-24-26(25(2,3)33,10-5-11-32(23)24)36-17-7-9-19(27)20(28)13-17/h6-9,12-14,33H,5,10-11H2,1-4H3/t26-/m1/s1. The van der Waals surface area contributed by atoms with Crippen LogP contribution in [0.1, 0.15) is 38.4 Å². The summed E-state index contributed by atoms with van der Waals surface area (Å²) in [5, 5.41) is 20.2. The van der Waals surface area contributed by atoms with E-state index in [2.05, 4.69) is 15.2 Å². The number of aromatic nitrogens is 4. The fraction of sp³-hybridized carbons (Fsp3) is 0.346. The first-order valence-electron chi connectivity index (χ1n) is 11.5. The monoisotopic (exact) mass is 512 g/mol. The first kappa shape index (κ1) is 24.3. The van der Waals surface area contributed by atoms with Crippen LogP contribution in [-0.2, 0) is 12.1 Å². The maximum Gasteiger partial charge on any atom is 0.196 e. The number of nitrogens with zero attached hydrogens (tertiary/aromatic N) is 4. The highest BCUT2D eigenvalue weighted by atomic mass is 35.5. The SMILES string of the molecule is COc1cc(-c2nnc3n2CCC[C@]3(Oc2ccc(Cl)c(F)c2)C(C)(C)O)ccc1-c1cnc(C)o1. The topological polar surface area (TPSA) is 95.4 Å². The van der Waals surface area contributed by atoms with Gasteiger partial charge in [0, 0.05) is 25.1 Å². The van der Waals surface area contributed by atoms with Gasteiger partial charge in [0.2, 0.25) is 0 Å². The van der Waals surface area contributed by atoms with Crippen molar-refractivity contribution in [1.82, 2.24) is 19.7 Å². The van der Waals surface area contributed by atoms with Crippen molar-refractivity contribution in [2.75, 3.05) is 7.11 Å². The van der Waals surface area contributed by atoms with Gasteiger partial charge < -0.3 is 23.6 Å². The van der Waals surface area contributed by atoms with Crippen molar-refractivity contribution in [2.45, 2.75) is 51.4 Å². The molecule has 36 heavy (non-hydrogen) atoms. The van der Waals surface area contributed by atoms with Crippen LogP contribution in [0.3, 0.4) is 0 Å². The van der Waals surface area contributed by atoms with Gasteiger partial charge in [0.1, 0.15) is 22.9 Å². The fourth-order valence-electron chi connectivity index (χ4n) is 4.69. The van der Waals surface area contributed by atoms with E-state index in [1.54, 1.807) is 40.1 Å². The highest BCUT2D eigenvalue weighted by molar-refractivity contribution is 6.30. The predicted octanol–water partition coefficient (Wildman–Crippen LogP) is 5.55. The number of fused-ring (bicyclic) bond motifs is 1. The number of rotatable bonds is 6. The minimum Gasteiger partial charge on any atom is -0.496 e. The zero-order valence-corrected chi connectivity index (χ0v) is 21.1. The van der Waals surface area contributed by atoms with Gasteiger partial charge in [-0.3, -0.25) is 0 Å². The average Bonchev–Trinajstić information content (AvgIpc) is 3.47. The molecular formula is C26H26ClFN4O4. The normalized spacial score (nSPS) is 17.6. The van der Waals surface area contributed by atoms with E-state index in [1.807, 2.05) is 22.8 Å². The van der Waals surface area contributed by atoms with Crippen molar-refractivity contribution in [3.05, 3.63) is 65.2 Å². The Morgan fingerprint density at radius 2 is 2.00 bits per heavy atom. The number of aliphatic hydroxyl groups is 1. The van der Waals surface area contributed by atoms with E-state index in [1.165, 1.54) is 12.1 Å². The smallest absolute Gasteiger partial charge is 0.196 e. The van der Waals surface area contributed by atoms with Crippen LogP contribution in [0.5, 0.6) is 11.5 Å². The highest BCUT2D eigenvalue weighted by Crippen LogP contribution is 2.45. The maximum absolute atomic E-state index is 14.2. The van der Waals surface area contributed by atoms with Crippen LogP contribution in [0.4, 0.5) is 4.39 Å². The molecule has 0 fully saturated rings. The van der Waals surface area contributed by atoms with E-state index in [9.17, 15) is 9.50 Å². The number of hydrogen-bond donors (Lipinski definition) is 1. The summed E-state index contributed by atoms with van der Waals surface area (Å²) in [6.45, 7) is 5.71. The minimum absolute atomic E-state index is 0.00774. The Morgan fingerprint density at radius 3 is 2.67 bits per heavy atom. The number of oxazole rings is 1. The lowest BCUT2D eigenvalue weighted by atomic mass is 9.79. The molecule has 10 heteroatoms. The Kier molecular flexibility index (Phi) is 6.00. The maximum atomic E-state index is 14.2. The molecule has 0 radical (unpaired) electrons. The third-order valence-corrected chi connectivity index (χ3v) is 6.85. The van der Waals surface area contributed by atoms with E-state index in [0.29, 0.717) is 48.4 Å². The molecule has 2 aromatic heterocycles. The number of ether oxygens (including phenoxy) is 2. The van der Waals surface area contributed by atoms with E-state index in [4.69, 9.17) is 25.5 Å². The zero-order valence-electron chi connectivity index (χ0n) is 20.4. The third kappa shape index (κ3) is 4.02. The number of halogens is 2. The summed E-state index contributed by atoms with van der Waals surface area (Å²) in [5.41, 5.74) is -1.09. The summed E-state index contributed by atoms with van der Waals surface area (Å²) in [5.74, 6) is 2.45. The molecule has 0 spiro atoms. The van der Waals surface area contributed by atoms with Crippen LogP contribution >= 0.6 is 11.6 Å². The summed E-state index contributed by atoms with van der Waals surface area (Å²) in [7, 11) is 1.59. The molecular weight excluding hydrogens is 487 g/mol. The molecule has 0 unspecified atom stereocenters. The molecule has 0 saturated carbocycles. The Hall–Kier alpha value is -3.43. The molecule has 0 saturated heterocycles. The van der Waals surface area contributed by atoms with Gasteiger partial charge >= 0.3 is 0 Å². The second-order valence-corrected chi connectivity index (χ2v) is 9.73. The van der Waals surface area contributed by atoms with Crippen molar-refractivity contribution in [3.8, 4) is 34.2 Å². The Labute approximate surface area is 212 Å². The highest BCUT2D eigenvalue weighted by Gasteiger charge is 2.53. The second-order valence-electron chi connectivity index (χ2n) is 9.33. The van der Waals surface area contributed by atoms with Gasteiger partial charge in [0.15, 0.2) is 28.9 Å². The molecule has 4 aromatic rings. The predicted molar refractivity (Wildman–Crippen MR) is 131 cm³/mol. The number of methoxy groups -OCH3 is 1. The van der Waals surface area contributed by atoms with Gasteiger partial charge in [0.05, 0.1) is 23.9 Å². The molecule has 1 N–H and O–H groups in total. The second kappa shape index (κ2) is 8.90. The van der Waals surface area contributed by atoms with Crippen molar-refractivity contribution >= 4 is 11.6 Å². The van der Waals surface area contributed by atoms with E-state index in [-0.39, 0.29) is 10.8 Å². The minimum atomic E-state index is -1.36. The molecule has 188 valence electrons. The zero-order chi connectivity index (χ0) is 25.7. The van der Waals surface area contributed by atoms with Crippen LogP contribution in [-0.4, -0.2) is 37.6 Å². The van der Waals surface area contributed by atoms with Crippen LogP contribution in [0.15, 0.2) is 47.0 Å². The van der Waals surface area contributed by atoms with Crippen LogP contribution < -0.4 is 9.47 Å². The summed E-state index contributed by atoms with van der Waals surface area (Å²) in [6, 6.07) is 9.86. The van der Waals surface area contributed by atoms with E-state index < -0.39 is 17.0 Å². The van der Waals surface area contributed by atoms with Crippen molar-refractivity contribution in [1.29, 1.82) is 0 Å². The van der Waals surface area contributed by atoms with Gasteiger partial charge in [-0.25, -0.2) is 9.37 Å². The van der Waals surface area contributed by atoms with E-state index >= 15 is 0 Å². The molecule has 3 heterocycles. The molecule has 5 rings (SSSR count). The van der Waals surface area contributed by atoms with Crippen molar-refractivity contribution < 1.29 is 23.4 Å². The summed E-state index contributed by atoms with van der Waals surface area (Å²) >= 11 is 5.85. The Balaban J connectivity index is 1.59. The molecule has 0 bridgehead atoms. The third-order valence-electron chi connectivity index (χ3n) is 6.54. The fourth-order valence-corrected chi connectivity index (χ4v) is 4.80. The number of aryl methyl sites for hydroxylation is 1. The molecule has 2 aromatic carbocycles.